The van der Waals surface area contributed by atoms with Crippen molar-refractivity contribution in [1.82, 2.24) is 5.43 Å². The molecule has 0 aliphatic heterocycles. The minimum Gasteiger partial charge on any atom is -0.397 e. The van der Waals surface area contributed by atoms with E-state index in [1.807, 2.05) is 31.2 Å². The number of aliphatic hydroxyl groups excluding tert-OH is 1. The molecule has 0 heterocycles. The van der Waals surface area contributed by atoms with Crippen LogP contribution in [0, 0.1) is 0 Å². The van der Waals surface area contributed by atoms with Crippen molar-refractivity contribution < 1.29 is 9.90 Å². The molecule has 0 unspecified atom stereocenters. The Hall–Kier alpha value is -1.88. The van der Waals surface area contributed by atoms with Gasteiger partial charge < -0.3 is 10.5 Å². The molecule has 2 aromatic rings. The van der Waals surface area contributed by atoms with Crippen LogP contribution in [0.5, 0.6) is 0 Å². The molecule has 0 radical (unpaired) electrons. The summed E-state index contributed by atoms with van der Waals surface area (Å²) in [5.74, 6) is 0.00519. The number of nitrogens with one attached hydrogen (secondary N) is 1. The van der Waals surface area contributed by atoms with Gasteiger partial charge in [0.05, 0.1) is 10.7 Å². The number of halogens is 2. The first kappa shape index (κ1) is 31.8. The molecule has 0 atom stereocenters. The molecule has 0 amide bonds. The summed E-state index contributed by atoms with van der Waals surface area (Å²) in [6, 6.07) is 14.7. The zero-order valence-corrected chi connectivity index (χ0v) is 19.1. The number of hydrogen-bond donors (Lipinski definition) is 2. The van der Waals surface area contributed by atoms with Crippen LogP contribution in [0.3, 0.4) is 0 Å². The number of carbonyl (C=O) groups excluding carboxylic acids is 1. The van der Waals surface area contributed by atoms with E-state index < -0.39 is 0 Å². The first-order valence-electron chi connectivity index (χ1n) is 9.12. The minimum absolute atomic E-state index is 0. The van der Waals surface area contributed by atoms with Crippen LogP contribution in [0.2, 0.25) is 10.0 Å². The smallest absolute Gasteiger partial charge is 0.161 e. The number of hydrogen-bond acceptors (Lipinski definition) is 4. The molecule has 0 saturated carbocycles. The lowest BCUT2D eigenvalue weighted by Gasteiger charge is -2.01. The lowest BCUT2D eigenvalue weighted by Crippen LogP contribution is -2.03. The van der Waals surface area contributed by atoms with Gasteiger partial charge in [-0.25, -0.2) is 0 Å². The number of hydrazone groups is 1. The number of carbonyl (C=O) groups is 1. The molecule has 0 bridgehead atoms. The van der Waals surface area contributed by atoms with Crippen LogP contribution < -0.4 is 5.43 Å². The van der Waals surface area contributed by atoms with Crippen LogP contribution in [0.25, 0.3) is 0 Å². The fourth-order valence-corrected chi connectivity index (χ4v) is 2.27. The van der Waals surface area contributed by atoms with E-state index in [0.29, 0.717) is 10.6 Å². The van der Waals surface area contributed by atoms with Gasteiger partial charge in [-0.15, -0.1) is 0 Å². The van der Waals surface area contributed by atoms with Crippen LogP contribution >= 0.6 is 23.2 Å². The largest absolute Gasteiger partial charge is 0.397 e. The number of aliphatic hydroxyl groups is 1. The van der Waals surface area contributed by atoms with Gasteiger partial charge in [-0.1, -0.05) is 81.2 Å². The molecule has 164 valence electrons. The lowest BCUT2D eigenvalue weighted by atomic mass is 10.1. The number of nitrogens with zero attached hydrogens (tertiary/aromatic N) is 1. The van der Waals surface area contributed by atoms with Gasteiger partial charge in [0.1, 0.15) is 0 Å². The van der Waals surface area contributed by atoms with Crippen molar-refractivity contribution in [1.29, 1.82) is 0 Å². The van der Waals surface area contributed by atoms with E-state index in [1.165, 1.54) is 13.3 Å². The Morgan fingerprint density at radius 3 is 1.55 bits per heavy atom. The number of rotatable bonds is 3. The molecule has 29 heavy (non-hydrogen) atoms. The van der Waals surface area contributed by atoms with E-state index in [4.69, 9.17) is 28.3 Å². The summed E-state index contributed by atoms with van der Waals surface area (Å²) in [5.41, 5.74) is 5.17. The zero-order valence-electron chi connectivity index (χ0n) is 17.6. The van der Waals surface area contributed by atoms with Crippen molar-refractivity contribution in [2.45, 2.75) is 48.5 Å². The minimum atomic E-state index is 0. The molecule has 0 spiro atoms. The predicted molar refractivity (Wildman–Crippen MR) is 130 cm³/mol. The second-order valence-corrected chi connectivity index (χ2v) is 6.27. The molecule has 2 aromatic carbocycles. The molecule has 0 aromatic heterocycles. The Morgan fingerprint density at radius 1 is 0.931 bits per heavy atom. The molecular formula is C23H36Cl2N2O2. The first-order chi connectivity index (χ1) is 13.3. The molecule has 0 fully saturated rings. The number of Topliss-reactive ketones (excluding diaryl/α,β-unsaturated/α-hetero) is 1. The maximum Gasteiger partial charge on any atom is 0.161 e. The second kappa shape index (κ2) is 20.8. The highest BCUT2D eigenvalue weighted by atomic mass is 35.5. The standard InChI is InChI=1S/C9H11ClN2.C8H7ClO.C3H8.C2H6O.CH4/c1-7(12-11-2)8-5-3-4-6-9(8)10;1-6(10)7-4-2-3-5-8(7)9;1-3-2;1-2-3;/h3-6,11H,1-2H3;2-5H,1H3;3H2,1-2H3;3H,2H2,1H3;1H4/b12-7-;;;;. The van der Waals surface area contributed by atoms with Crippen LogP contribution in [0.1, 0.15) is 64.4 Å². The topological polar surface area (TPSA) is 61.7 Å². The molecule has 0 aliphatic carbocycles. The molecular weight excluding hydrogens is 407 g/mol. The normalized spacial score (nSPS) is 9.21. The van der Waals surface area contributed by atoms with Crippen LogP contribution in [-0.4, -0.2) is 30.3 Å². The van der Waals surface area contributed by atoms with Crippen LogP contribution in [0.4, 0.5) is 0 Å². The molecule has 4 nitrogen and oxygen atoms in total. The maximum absolute atomic E-state index is 10.8. The van der Waals surface area contributed by atoms with Crippen LogP contribution in [-0.2, 0) is 0 Å². The third kappa shape index (κ3) is 15.7. The monoisotopic (exact) mass is 442 g/mol. The molecule has 0 saturated heterocycles. The Kier molecular flexibility index (Phi) is 22.9. The number of ketones is 1. The third-order valence-corrected chi connectivity index (χ3v) is 3.46. The summed E-state index contributed by atoms with van der Waals surface area (Å²) in [6.07, 6.45) is 1.25. The summed E-state index contributed by atoms with van der Waals surface area (Å²) < 4.78 is 0. The fraction of sp³-hybridized carbons (Fsp3) is 0.391. The van der Waals surface area contributed by atoms with E-state index in [0.717, 1.165) is 16.3 Å². The van der Waals surface area contributed by atoms with Crippen molar-refractivity contribution in [2.75, 3.05) is 13.7 Å². The average molecular weight is 443 g/mol. The van der Waals surface area contributed by atoms with E-state index in [-0.39, 0.29) is 19.8 Å². The van der Waals surface area contributed by atoms with Gasteiger partial charge in [-0.2, -0.15) is 5.10 Å². The summed E-state index contributed by atoms with van der Waals surface area (Å²) >= 11 is 11.6. The SMILES string of the molecule is C.CC(=O)c1ccccc1Cl.CCC.CCO.CN/N=C(/C)c1ccccc1Cl. The Morgan fingerprint density at radius 2 is 1.28 bits per heavy atom. The van der Waals surface area contributed by atoms with E-state index in [1.54, 1.807) is 38.2 Å². The summed E-state index contributed by atoms with van der Waals surface area (Å²) in [7, 11) is 1.76. The summed E-state index contributed by atoms with van der Waals surface area (Å²) in [6.45, 7) is 9.60. The van der Waals surface area contributed by atoms with Gasteiger partial charge >= 0.3 is 0 Å². The van der Waals surface area contributed by atoms with Crippen LogP contribution in [0.15, 0.2) is 53.6 Å². The highest BCUT2D eigenvalue weighted by molar-refractivity contribution is 6.34. The lowest BCUT2D eigenvalue weighted by molar-refractivity contribution is 0.101. The van der Waals surface area contributed by atoms with Gasteiger partial charge in [-0.05, 0) is 39.0 Å². The van der Waals surface area contributed by atoms with E-state index in [9.17, 15) is 4.79 Å². The average Bonchev–Trinajstić information content (AvgIpc) is 2.64. The quantitative estimate of drug-likeness (QED) is 0.309. The summed E-state index contributed by atoms with van der Waals surface area (Å²) in [4.78, 5) is 10.8. The van der Waals surface area contributed by atoms with Gasteiger partial charge in [0.2, 0.25) is 0 Å². The fourth-order valence-electron chi connectivity index (χ4n) is 1.73. The Bertz CT molecular complexity index is 703. The molecule has 6 heteroatoms. The Balaban J connectivity index is -0.000000360. The highest BCUT2D eigenvalue weighted by Crippen LogP contribution is 2.15. The van der Waals surface area contributed by atoms with E-state index in [2.05, 4.69) is 24.4 Å². The van der Waals surface area contributed by atoms with Gasteiger partial charge in [0.25, 0.3) is 0 Å². The molecule has 0 aliphatic rings. The van der Waals surface area contributed by atoms with Crippen molar-refractivity contribution in [3.05, 3.63) is 69.7 Å². The van der Waals surface area contributed by atoms with Crippen molar-refractivity contribution >= 4 is 34.7 Å². The van der Waals surface area contributed by atoms with Gasteiger partial charge in [0.15, 0.2) is 5.78 Å². The Labute approximate surface area is 187 Å². The van der Waals surface area contributed by atoms with Crippen molar-refractivity contribution in [3.63, 3.8) is 0 Å². The predicted octanol–water partition coefficient (Wildman–Crippen LogP) is 6.88. The van der Waals surface area contributed by atoms with Gasteiger partial charge in [-0.3, -0.25) is 4.79 Å². The highest BCUT2D eigenvalue weighted by Gasteiger charge is 2.02. The zero-order chi connectivity index (χ0) is 21.9. The first-order valence-corrected chi connectivity index (χ1v) is 9.88. The van der Waals surface area contributed by atoms with Gasteiger partial charge in [0, 0.05) is 29.8 Å². The number of benzene rings is 2. The molecule has 2 rings (SSSR count). The third-order valence-electron chi connectivity index (χ3n) is 2.80. The van der Waals surface area contributed by atoms with E-state index >= 15 is 0 Å². The van der Waals surface area contributed by atoms with Crippen molar-refractivity contribution in [3.8, 4) is 0 Å². The molecule has 2 N–H and O–H groups in total. The maximum atomic E-state index is 10.8. The second-order valence-electron chi connectivity index (χ2n) is 5.46. The van der Waals surface area contributed by atoms with Crippen molar-refractivity contribution in [2.24, 2.45) is 5.10 Å². The summed E-state index contributed by atoms with van der Waals surface area (Å²) in [5, 5.41) is 12.9.